The Kier molecular flexibility index (Phi) is 6.16. The van der Waals surface area contributed by atoms with Crippen LogP contribution in [0.4, 0.5) is 0 Å². The first kappa shape index (κ1) is 19.8. The van der Waals surface area contributed by atoms with E-state index in [1.807, 2.05) is 53.2 Å². The molecule has 0 saturated heterocycles. The van der Waals surface area contributed by atoms with E-state index < -0.39 is 0 Å². The molecule has 1 aromatic carbocycles. The number of nitrogens with one attached hydrogen (secondary N) is 1. The number of amidine groups is 1. The molecule has 0 saturated carbocycles. The number of amides is 1. The molecule has 0 bridgehead atoms. The first-order chi connectivity index (χ1) is 14.7. The first-order valence-electron chi connectivity index (χ1n) is 9.43. The van der Waals surface area contributed by atoms with Crippen LogP contribution in [0, 0.1) is 11.8 Å². The van der Waals surface area contributed by atoms with E-state index in [1.165, 1.54) is 11.8 Å². The van der Waals surface area contributed by atoms with Crippen LogP contribution in [0.25, 0.3) is 0 Å². The summed E-state index contributed by atoms with van der Waals surface area (Å²) >= 11 is 1.51. The molecule has 7 heteroatoms. The number of hydrogen-bond donors (Lipinski definition) is 1. The van der Waals surface area contributed by atoms with Gasteiger partial charge in [-0.25, -0.2) is 4.99 Å². The van der Waals surface area contributed by atoms with E-state index in [2.05, 4.69) is 27.1 Å². The second kappa shape index (κ2) is 9.33. The lowest BCUT2D eigenvalue weighted by Crippen LogP contribution is -2.29. The van der Waals surface area contributed by atoms with E-state index >= 15 is 0 Å². The molecule has 0 fully saturated rings. The molecule has 2 aromatic heterocycles. The molecule has 150 valence electrons. The monoisotopic (exact) mass is 416 g/mol. The average molecular weight is 417 g/mol. The average Bonchev–Trinajstić information content (AvgIpc) is 3.43. The first-order valence-corrected chi connectivity index (χ1v) is 10.4. The molecule has 30 heavy (non-hydrogen) atoms. The normalized spacial score (nSPS) is 15.1. The van der Waals surface area contributed by atoms with Gasteiger partial charge in [-0.05, 0) is 54.1 Å². The summed E-state index contributed by atoms with van der Waals surface area (Å²) in [7, 11) is 1.64. The minimum absolute atomic E-state index is 0.143. The molecule has 0 aliphatic carbocycles. The lowest BCUT2D eigenvalue weighted by molar-refractivity contribution is 0.0969. The van der Waals surface area contributed by atoms with Crippen LogP contribution in [0.3, 0.4) is 0 Å². The van der Waals surface area contributed by atoms with Crippen LogP contribution in [0.1, 0.15) is 21.6 Å². The molecule has 3 heterocycles. The van der Waals surface area contributed by atoms with Crippen molar-refractivity contribution in [2.24, 2.45) is 4.99 Å². The van der Waals surface area contributed by atoms with Crippen LogP contribution in [0.5, 0.6) is 5.75 Å². The van der Waals surface area contributed by atoms with E-state index in [0.29, 0.717) is 17.4 Å². The van der Waals surface area contributed by atoms with E-state index in [1.54, 1.807) is 25.6 Å². The molecule has 6 nitrogen and oxygen atoms in total. The Morgan fingerprint density at radius 2 is 2.03 bits per heavy atom. The summed E-state index contributed by atoms with van der Waals surface area (Å²) in [4.78, 5) is 21.3. The zero-order valence-electron chi connectivity index (χ0n) is 16.4. The van der Waals surface area contributed by atoms with E-state index in [0.717, 1.165) is 22.6 Å². The van der Waals surface area contributed by atoms with Crippen LogP contribution in [0.15, 0.2) is 72.1 Å². The second-order valence-corrected chi connectivity index (χ2v) is 7.60. The van der Waals surface area contributed by atoms with Gasteiger partial charge in [0.1, 0.15) is 17.5 Å². The van der Waals surface area contributed by atoms with E-state index in [4.69, 9.17) is 4.74 Å². The number of pyridine rings is 1. The van der Waals surface area contributed by atoms with Gasteiger partial charge < -0.3 is 9.30 Å². The van der Waals surface area contributed by atoms with Gasteiger partial charge in [0.05, 0.1) is 7.11 Å². The quantitative estimate of drug-likeness (QED) is 0.664. The zero-order valence-corrected chi connectivity index (χ0v) is 17.2. The Morgan fingerprint density at radius 3 is 2.80 bits per heavy atom. The maximum atomic E-state index is 12.7. The van der Waals surface area contributed by atoms with Gasteiger partial charge in [0.25, 0.3) is 5.91 Å². The molecule has 1 N–H and O–H groups in total. The molecule has 4 rings (SSSR count). The lowest BCUT2D eigenvalue weighted by Gasteiger charge is -2.09. The third kappa shape index (κ3) is 4.91. The summed E-state index contributed by atoms with van der Waals surface area (Å²) in [5.41, 5.74) is 2.57. The van der Waals surface area contributed by atoms with E-state index in [9.17, 15) is 4.79 Å². The molecular formula is C23H20N4O2S. The predicted molar refractivity (Wildman–Crippen MR) is 119 cm³/mol. The second-order valence-electron chi connectivity index (χ2n) is 6.59. The Balaban J connectivity index is 1.39. The number of rotatable bonds is 4. The van der Waals surface area contributed by atoms with Crippen molar-refractivity contribution < 1.29 is 9.53 Å². The third-order valence-corrected chi connectivity index (χ3v) is 5.47. The van der Waals surface area contributed by atoms with Crippen molar-refractivity contribution in [2.75, 3.05) is 12.9 Å². The SMILES string of the molecule is COc1ccc(C#CC2CSC(NC(=O)c3cccn3Cc3ccncc3)=N2)cc1. The Hall–Kier alpha value is -3.50. The summed E-state index contributed by atoms with van der Waals surface area (Å²) in [5.74, 6) is 7.63. The van der Waals surface area contributed by atoms with Crippen molar-refractivity contribution in [1.82, 2.24) is 14.9 Å². The van der Waals surface area contributed by atoms with Gasteiger partial charge >= 0.3 is 0 Å². The van der Waals surface area contributed by atoms with Crippen molar-refractivity contribution in [1.29, 1.82) is 0 Å². The molecule has 1 amide bonds. The maximum Gasteiger partial charge on any atom is 0.273 e. The van der Waals surface area contributed by atoms with Gasteiger partial charge in [-0.3, -0.25) is 15.1 Å². The number of aliphatic imine (C=N–C) groups is 1. The smallest absolute Gasteiger partial charge is 0.273 e. The number of ether oxygens (including phenoxy) is 1. The minimum atomic E-state index is -0.177. The van der Waals surface area contributed by atoms with Crippen LogP contribution in [-0.2, 0) is 6.54 Å². The van der Waals surface area contributed by atoms with Gasteiger partial charge in [0, 0.05) is 36.5 Å². The number of thioether (sulfide) groups is 1. The lowest BCUT2D eigenvalue weighted by atomic mass is 10.2. The molecule has 0 radical (unpaired) electrons. The molecule has 3 aromatic rings. The van der Waals surface area contributed by atoms with Crippen molar-refractivity contribution in [2.45, 2.75) is 12.6 Å². The number of aromatic nitrogens is 2. The van der Waals surface area contributed by atoms with E-state index in [-0.39, 0.29) is 11.9 Å². The van der Waals surface area contributed by atoms with Crippen LogP contribution < -0.4 is 10.1 Å². The standard InChI is InChI=1S/C23H20N4O2S/c1-29-20-8-5-17(6-9-20)4-7-19-16-30-23(25-19)26-22(28)21-3-2-14-27(21)15-18-10-12-24-13-11-18/h2-3,5-6,8-14,19H,15-16H2,1H3,(H,25,26,28). The fourth-order valence-electron chi connectivity index (χ4n) is 2.96. The number of nitrogens with zero attached hydrogens (tertiary/aromatic N) is 3. The Bertz CT molecular complexity index is 1110. The number of benzene rings is 1. The summed E-state index contributed by atoms with van der Waals surface area (Å²) in [6.45, 7) is 0.605. The molecule has 1 unspecified atom stereocenters. The number of carbonyl (C=O) groups is 1. The highest BCUT2D eigenvalue weighted by Crippen LogP contribution is 2.17. The van der Waals surface area contributed by atoms with Gasteiger partial charge in [0.2, 0.25) is 0 Å². The van der Waals surface area contributed by atoms with Gasteiger partial charge in [-0.15, -0.1) is 0 Å². The highest BCUT2D eigenvalue weighted by Gasteiger charge is 2.20. The van der Waals surface area contributed by atoms with Crippen molar-refractivity contribution in [3.05, 3.63) is 83.9 Å². The number of methoxy groups -OCH3 is 1. The summed E-state index contributed by atoms with van der Waals surface area (Å²) in [5, 5.41) is 3.51. The van der Waals surface area contributed by atoms with Crippen LogP contribution >= 0.6 is 11.8 Å². The zero-order chi connectivity index (χ0) is 20.8. The van der Waals surface area contributed by atoms with Gasteiger partial charge in [-0.2, -0.15) is 0 Å². The van der Waals surface area contributed by atoms with Gasteiger partial charge in [0.15, 0.2) is 5.17 Å². The predicted octanol–water partition coefficient (Wildman–Crippen LogP) is 3.19. The highest BCUT2D eigenvalue weighted by molar-refractivity contribution is 8.14. The van der Waals surface area contributed by atoms with Gasteiger partial charge in [-0.1, -0.05) is 23.6 Å². The molecule has 1 atom stereocenters. The molecular weight excluding hydrogens is 396 g/mol. The molecule has 1 aliphatic heterocycles. The van der Waals surface area contributed by atoms with Crippen LogP contribution in [0.2, 0.25) is 0 Å². The number of hydrogen-bond acceptors (Lipinski definition) is 5. The Morgan fingerprint density at radius 1 is 1.23 bits per heavy atom. The fourth-order valence-corrected chi connectivity index (χ4v) is 3.80. The summed E-state index contributed by atoms with van der Waals surface area (Å²) in [6, 6.07) is 15.0. The van der Waals surface area contributed by atoms with Crippen LogP contribution in [-0.4, -0.2) is 39.5 Å². The van der Waals surface area contributed by atoms with Crippen molar-refractivity contribution >= 4 is 22.8 Å². The largest absolute Gasteiger partial charge is 0.497 e. The minimum Gasteiger partial charge on any atom is -0.497 e. The highest BCUT2D eigenvalue weighted by atomic mass is 32.2. The van der Waals surface area contributed by atoms with Crippen molar-refractivity contribution in [3.63, 3.8) is 0 Å². The third-order valence-electron chi connectivity index (χ3n) is 4.51. The fraction of sp³-hybridized carbons (Fsp3) is 0.174. The summed E-state index contributed by atoms with van der Waals surface area (Å²) in [6.07, 6.45) is 5.38. The molecule has 0 spiro atoms. The van der Waals surface area contributed by atoms with Crippen molar-refractivity contribution in [3.8, 4) is 17.6 Å². The number of carbonyl (C=O) groups excluding carboxylic acids is 1. The maximum absolute atomic E-state index is 12.7. The Labute approximate surface area is 179 Å². The summed E-state index contributed by atoms with van der Waals surface area (Å²) < 4.78 is 7.06. The topological polar surface area (TPSA) is 68.5 Å². The molecule has 1 aliphatic rings.